The average Bonchev–Trinajstić information content (AvgIpc) is 2.99. The van der Waals surface area contributed by atoms with Gasteiger partial charge in [0.2, 0.25) is 0 Å². The highest BCUT2D eigenvalue weighted by atomic mass is 16.3. The number of amides is 1. The fourth-order valence-electron chi connectivity index (χ4n) is 5.84. The van der Waals surface area contributed by atoms with Crippen LogP contribution in [-0.2, 0) is 4.79 Å². The van der Waals surface area contributed by atoms with Crippen molar-refractivity contribution in [2.24, 2.45) is 0 Å². The number of aliphatic hydroxyl groups is 4. The van der Waals surface area contributed by atoms with Gasteiger partial charge in [0.1, 0.15) is 6.10 Å². The van der Waals surface area contributed by atoms with Gasteiger partial charge in [-0.1, -0.05) is 174 Å². The summed E-state index contributed by atoms with van der Waals surface area (Å²) >= 11 is 0. The highest BCUT2D eigenvalue weighted by Crippen LogP contribution is 2.16. The van der Waals surface area contributed by atoms with Crippen molar-refractivity contribution in [2.45, 2.75) is 206 Å². The molecule has 0 rings (SSSR count). The Morgan fingerprint density at radius 2 is 0.833 bits per heavy atom. The van der Waals surface area contributed by atoms with Crippen LogP contribution in [0.2, 0.25) is 0 Å². The van der Waals surface area contributed by atoms with Gasteiger partial charge in [-0.3, -0.25) is 4.79 Å². The molecule has 0 bridgehead atoms. The van der Waals surface area contributed by atoms with Crippen LogP contribution in [0.15, 0.2) is 0 Å². The minimum atomic E-state index is -1.12. The summed E-state index contributed by atoms with van der Waals surface area (Å²) in [5.41, 5.74) is 0. The number of carbonyl (C=O) groups excluding carboxylic acids is 1. The van der Waals surface area contributed by atoms with E-state index in [-0.39, 0.29) is 19.7 Å². The van der Waals surface area contributed by atoms with Crippen LogP contribution in [0, 0.1) is 0 Å². The smallest absolute Gasteiger partial charge is 0.251 e. The van der Waals surface area contributed by atoms with Gasteiger partial charge in [-0.2, -0.15) is 0 Å². The summed E-state index contributed by atoms with van der Waals surface area (Å²) in [6.07, 6.45) is 28.9. The minimum Gasteiger partial charge on any atom is -0.395 e. The summed E-state index contributed by atoms with van der Waals surface area (Å²) in [5.74, 6) is -0.459. The van der Waals surface area contributed by atoms with Crippen molar-refractivity contribution in [3.8, 4) is 0 Å². The number of hydrogen-bond acceptors (Lipinski definition) is 5. The molecule has 0 saturated carbocycles. The molecule has 0 spiro atoms. The number of aliphatic hydroxyl groups excluding tert-OH is 4. The maximum Gasteiger partial charge on any atom is 0.251 e. The summed E-state index contributed by atoms with van der Waals surface area (Å²) < 4.78 is 0. The zero-order valence-electron chi connectivity index (χ0n) is 28.1. The first-order valence-corrected chi connectivity index (χ1v) is 18.4. The average molecular weight is 600 g/mol. The van der Waals surface area contributed by atoms with Crippen molar-refractivity contribution < 1.29 is 25.2 Å². The SMILES string of the molecule is CCCCCCCCCCCCCCCC(O)C(O)CN(CCO)C(=O)C(O)CCCCCCCCCCCCCC. The van der Waals surface area contributed by atoms with E-state index in [4.69, 9.17) is 0 Å². The molecule has 252 valence electrons. The van der Waals surface area contributed by atoms with Crippen molar-refractivity contribution >= 4 is 5.91 Å². The molecular formula is C36H73NO5. The van der Waals surface area contributed by atoms with E-state index in [1.54, 1.807) is 0 Å². The molecule has 0 radical (unpaired) electrons. The Balaban J connectivity index is 3.93. The lowest BCUT2D eigenvalue weighted by molar-refractivity contribution is -0.143. The van der Waals surface area contributed by atoms with Gasteiger partial charge in [0.05, 0.1) is 18.8 Å². The molecule has 42 heavy (non-hydrogen) atoms. The fourth-order valence-corrected chi connectivity index (χ4v) is 5.84. The summed E-state index contributed by atoms with van der Waals surface area (Å²) in [5, 5.41) is 40.8. The first kappa shape index (κ1) is 41.3. The van der Waals surface area contributed by atoms with E-state index in [2.05, 4.69) is 13.8 Å². The maximum absolute atomic E-state index is 12.8. The first-order chi connectivity index (χ1) is 20.5. The molecule has 0 aliphatic heterocycles. The molecule has 6 heteroatoms. The third kappa shape index (κ3) is 25.8. The summed E-state index contributed by atoms with van der Waals surface area (Å²) in [7, 11) is 0. The highest BCUT2D eigenvalue weighted by Gasteiger charge is 2.26. The second-order valence-corrected chi connectivity index (χ2v) is 12.9. The molecular weight excluding hydrogens is 526 g/mol. The van der Waals surface area contributed by atoms with Gasteiger partial charge >= 0.3 is 0 Å². The van der Waals surface area contributed by atoms with Crippen LogP contribution in [-0.4, -0.2) is 69.2 Å². The number of nitrogens with zero attached hydrogens (tertiary/aromatic N) is 1. The summed E-state index contributed by atoms with van der Waals surface area (Å²) in [6, 6.07) is 0. The predicted octanol–water partition coefficient (Wildman–Crippen LogP) is 8.46. The molecule has 0 heterocycles. The predicted molar refractivity (Wildman–Crippen MR) is 178 cm³/mol. The number of carbonyl (C=O) groups is 1. The summed E-state index contributed by atoms with van der Waals surface area (Å²) in [6.45, 7) is 4.26. The van der Waals surface area contributed by atoms with E-state index in [0.29, 0.717) is 12.8 Å². The second kappa shape index (κ2) is 31.7. The molecule has 4 N–H and O–H groups in total. The van der Waals surface area contributed by atoms with Crippen molar-refractivity contribution in [3.63, 3.8) is 0 Å². The van der Waals surface area contributed by atoms with Crippen LogP contribution in [0.25, 0.3) is 0 Å². The van der Waals surface area contributed by atoms with Crippen molar-refractivity contribution in [3.05, 3.63) is 0 Å². The monoisotopic (exact) mass is 600 g/mol. The van der Waals surface area contributed by atoms with Crippen molar-refractivity contribution in [2.75, 3.05) is 19.7 Å². The lowest BCUT2D eigenvalue weighted by Gasteiger charge is -2.28. The van der Waals surface area contributed by atoms with Gasteiger partial charge in [-0.15, -0.1) is 0 Å². The molecule has 1 amide bonds. The largest absolute Gasteiger partial charge is 0.395 e. The molecule has 0 fully saturated rings. The van der Waals surface area contributed by atoms with Crippen LogP contribution in [0.5, 0.6) is 0 Å². The highest BCUT2D eigenvalue weighted by molar-refractivity contribution is 5.80. The lowest BCUT2D eigenvalue weighted by Crippen LogP contribution is -2.47. The molecule has 0 saturated heterocycles. The number of hydrogen-bond donors (Lipinski definition) is 4. The van der Waals surface area contributed by atoms with E-state index in [0.717, 1.165) is 38.5 Å². The molecule has 0 aromatic rings. The Labute approximate surface area is 261 Å². The van der Waals surface area contributed by atoms with Gasteiger partial charge in [-0.05, 0) is 12.8 Å². The van der Waals surface area contributed by atoms with Gasteiger partial charge in [0, 0.05) is 13.1 Å². The molecule has 0 aliphatic carbocycles. The molecule has 0 aromatic carbocycles. The third-order valence-electron chi connectivity index (χ3n) is 8.75. The quantitative estimate of drug-likeness (QED) is 0.0567. The van der Waals surface area contributed by atoms with Gasteiger partial charge in [0.15, 0.2) is 0 Å². The van der Waals surface area contributed by atoms with E-state index < -0.39 is 24.2 Å². The number of rotatable bonds is 33. The summed E-state index contributed by atoms with van der Waals surface area (Å²) in [4.78, 5) is 14.1. The van der Waals surface area contributed by atoms with Crippen LogP contribution in [0.1, 0.15) is 187 Å². The van der Waals surface area contributed by atoms with Crippen LogP contribution in [0.3, 0.4) is 0 Å². The van der Waals surface area contributed by atoms with E-state index >= 15 is 0 Å². The Morgan fingerprint density at radius 1 is 0.500 bits per heavy atom. The standard InChI is InChI=1S/C36H73NO5/c1-3-5-7-9-11-13-15-17-19-20-22-24-26-28-33(39)35(41)32-37(30-31-38)36(42)34(40)29-27-25-23-21-18-16-14-12-10-8-6-4-2/h33-35,38-41H,3-32H2,1-2H3. The van der Waals surface area contributed by atoms with E-state index in [9.17, 15) is 25.2 Å². The molecule has 0 aromatic heterocycles. The minimum absolute atomic E-state index is 0.0524. The van der Waals surface area contributed by atoms with Crippen molar-refractivity contribution in [1.29, 1.82) is 0 Å². The normalized spacial score (nSPS) is 13.8. The van der Waals surface area contributed by atoms with E-state index in [1.807, 2.05) is 0 Å². The maximum atomic E-state index is 12.8. The van der Waals surface area contributed by atoms with Crippen LogP contribution < -0.4 is 0 Å². The zero-order valence-corrected chi connectivity index (χ0v) is 28.1. The second-order valence-electron chi connectivity index (χ2n) is 12.9. The zero-order chi connectivity index (χ0) is 31.1. The Kier molecular flexibility index (Phi) is 31.2. The lowest BCUT2D eigenvalue weighted by atomic mass is 10.0. The van der Waals surface area contributed by atoms with Crippen molar-refractivity contribution in [1.82, 2.24) is 4.90 Å². The van der Waals surface area contributed by atoms with E-state index in [1.165, 1.54) is 127 Å². The Bertz CT molecular complexity index is 561. The topological polar surface area (TPSA) is 101 Å². The molecule has 0 aliphatic rings. The Morgan fingerprint density at radius 3 is 1.19 bits per heavy atom. The number of unbranched alkanes of at least 4 members (excludes halogenated alkanes) is 23. The van der Waals surface area contributed by atoms with Gasteiger partial charge in [0.25, 0.3) is 5.91 Å². The van der Waals surface area contributed by atoms with Crippen LogP contribution >= 0.6 is 0 Å². The molecule has 3 atom stereocenters. The Hall–Kier alpha value is -0.690. The van der Waals surface area contributed by atoms with Gasteiger partial charge in [-0.25, -0.2) is 0 Å². The van der Waals surface area contributed by atoms with Crippen LogP contribution in [0.4, 0.5) is 0 Å². The fraction of sp³-hybridized carbons (Fsp3) is 0.972. The molecule has 3 unspecified atom stereocenters. The van der Waals surface area contributed by atoms with Gasteiger partial charge < -0.3 is 25.3 Å². The third-order valence-corrected chi connectivity index (χ3v) is 8.75. The first-order valence-electron chi connectivity index (χ1n) is 18.4. The molecule has 6 nitrogen and oxygen atoms in total.